The third-order valence-electron chi connectivity index (χ3n) is 6.36. The Bertz CT molecular complexity index is 1000. The zero-order chi connectivity index (χ0) is 21.4. The van der Waals surface area contributed by atoms with Gasteiger partial charge in [-0.1, -0.05) is 31.2 Å². The molecule has 0 unspecified atom stereocenters. The van der Waals surface area contributed by atoms with Gasteiger partial charge in [-0.3, -0.25) is 19.4 Å². The molecule has 0 aromatic heterocycles. The molecule has 3 heterocycles. The average Bonchev–Trinajstić information content (AvgIpc) is 3.43. The second-order valence-electron chi connectivity index (χ2n) is 8.25. The Hall–Kier alpha value is -3.06. The minimum absolute atomic E-state index is 0.00439. The number of carbonyl (C=O) groups excluding carboxylic acids is 2. The first-order valence-corrected chi connectivity index (χ1v) is 10.9. The van der Waals surface area contributed by atoms with Crippen LogP contribution in [0.3, 0.4) is 0 Å². The normalized spacial score (nSPS) is 20.1. The third kappa shape index (κ3) is 3.74. The van der Waals surface area contributed by atoms with Crippen LogP contribution in [-0.2, 0) is 22.6 Å². The molecule has 2 amide bonds. The van der Waals surface area contributed by atoms with Crippen LogP contribution in [0.1, 0.15) is 24.5 Å². The number of ether oxygens (including phenoxy) is 2. The first-order valence-electron chi connectivity index (χ1n) is 10.9. The summed E-state index contributed by atoms with van der Waals surface area (Å²) in [5.74, 6) is 1.65. The maximum atomic E-state index is 13.4. The molecule has 31 heavy (non-hydrogen) atoms. The van der Waals surface area contributed by atoms with Gasteiger partial charge in [-0.15, -0.1) is 0 Å². The zero-order valence-corrected chi connectivity index (χ0v) is 17.8. The van der Waals surface area contributed by atoms with E-state index in [1.165, 1.54) is 5.56 Å². The van der Waals surface area contributed by atoms with E-state index in [1.54, 1.807) is 4.90 Å². The first-order chi connectivity index (χ1) is 15.1. The van der Waals surface area contributed by atoms with Gasteiger partial charge in [0, 0.05) is 51.3 Å². The number of carbonyl (C=O) groups is 2. The largest absolute Gasteiger partial charge is 0.454 e. The fourth-order valence-corrected chi connectivity index (χ4v) is 4.70. The number of anilines is 1. The second-order valence-corrected chi connectivity index (χ2v) is 8.25. The molecule has 162 valence electrons. The molecule has 0 aliphatic carbocycles. The Labute approximate surface area is 182 Å². The van der Waals surface area contributed by atoms with E-state index in [9.17, 15) is 9.59 Å². The molecule has 0 saturated carbocycles. The monoisotopic (exact) mass is 421 g/mol. The topological polar surface area (TPSA) is 62.3 Å². The summed E-state index contributed by atoms with van der Waals surface area (Å²) in [7, 11) is 0. The molecule has 7 nitrogen and oxygen atoms in total. The van der Waals surface area contributed by atoms with Gasteiger partial charge in [-0.25, -0.2) is 0 Å². The molecule has 3 aliphatic rings. The van der Waals surface area contributed by atoms with Crippen LogP contribution >= 0.6 is 0 Å². The lowest BCUT2D eigenvalue weighted by Crippen LogP contribution is -2.55. The molecule has 1 fully saturated rings. The van der Waals surface area contributed by atoms with Crippen LogP contribution < -0.4 is 14.4 Å². The van der Waals surface area contributed by atoms with E-state index in [0.29, 0.717) is 25.9 Å². The van der Waals surface area contributed by atoms with E-state index in [-0.39, 0.29) is 18.6 Å². The van der Waals surface area contributed by atoms with Gasteiger partial charge >= 0.3 is 0 Å². The lowest BCUT2D eigenvalue weighted by atomic mass is 10.1. The quantitative estimate of drug-likeness (QED) is 0.759. The summed E-state index contributed by atoms with van der Waals surface area (Å²) >= 11 is 0. The van der Waals surface area contributed by atoms with Crippen LogP contribution in [0.4, 0.5) is 5.69 Å². The van der Waals surface area contributed by atoms with Crippen molar-refractivity contribution in [2.45, 2.75) is 32.4 Å². The van der Waals surface area contributed by atoms with E-state index in [2.05, 4.69) is 11.0 Å². The fourth-order valence-electron chi connectivity index (χ4n) is 4.70. The molecule has 5 rings (SSSR count). The van der Waals surface area contributed by atoms with E-state index < -0.39 is 6.04 Å². The minimum Gasteiger partial charge on any atom is -0.454 e. The van der Waals surface area contributed by atoms with Gasteiger partial charge in [-0.05, 0) is 29.3 Å². The van der Waals surface area contributed by atoms with Crippen molar-refractivity contribution in [3.63, 3.8) is 0 Å². The highest BCUT2D eigenvalue weighted by Crippen LogP contribution is 2.34. The van der Waals surface area contributed by atoms with Gasteiger partial charge in [0.1, 0.15) is 6.04 Å². The molecule has 2 aromatic rings. The maximum Gasteiger partial charge on any atom is 0.246 e. The molecule has 3 aliphatic heterocycles. The van der Waals surface area contributed by atoms with Gasteiger partial charge in [-0.2, -0.15) is 0 Å². The second kappa shape index (κ2) is 8.23. The predicted molar refractivity (Wildman–Crippen MR) is 116 cm³/mol. The molecular formula is C24H27N3O4. The molecule has 0 radical (unpaired) electrons. The molecule has 0 N–H and O–H groups in total. The maximum absolute atomic E-state index is 13.4. The fraction of sp³-hybridized carbons (Fsp3) is 0.417. The van der Waals surface area contributed by atoms with Crippen molar-refractivity contribution in [2.24, 2.45) is 0 Å². The third-order valence-corrected chi connectivity index (χ3v) is 6.36. The zero-order valence-electron chi connectivity index (χ0n) is 17.8. The number of rotatable bonds is 4. The van der Waals surface area contributed by atoms with Gasteiger partial charge < -0.3 is 14.4 Å². The predicted octanol–water partition coefficient (Wildman–Crippen LogP) is 2.43. The summed E-state index contributed by atoms with van der Waals surface area (Å²) in [6.07, 6.45) is 0.986. The Balaban J connectivity index is 1.22. The van der Waals surface area contributed by atoms with Crippen LogP contribution in [0, 0.1) is 0 Å². The number of piperazine rings is 1. The van der Waals surface area contributed by atoms with Crippen molar-refractivity contribution < 1.29 is 19.1 Å². The Morgan fingerprint density at radius 2 is 1.77 bits per heavy atom. The van der Waals surface area contributed by atoms with E-state index >= 15 is 0 Å². The van der Waals surface area contributed by atoms with Crippen molar-refractivity contribution in [3.05, 3.63) is 53.6 Å². The number of hydrogen-bond acceptors (Lipinski definition) is 5. The van der Waals surface area contributed by atoms with Crippen molar-refractivity contribution >= 4 is 17.5 Å². The summed E-state index contributed by atoms with van der Waals surface area (Å²) in [6, 6.07) is 13.5. The summed E-state index contributed by atoms with van der Waals surface area (Å²) in [5, 5.41) is 0. The molecule has 1 atom stereocenters. The number of hydrogen-bond donors (Lipinski definition) is 0. The Kier molecular flexibility index (Phi) is 5.28. The summed E-state index contributed by atoms with van der Waals surface area (Å²) in [5.41, 5.74) is 3.13. The van der Waals surface area contributed by atoms with Gasteiger partial charge in [0.25, 0.3) is 0 Å². The van der Waals surface area contributed by atoms with Crippen molar-refractivity contribution in [1.29, 1.82) is 0 Å². The SMILES string of the molecule is CCC(=O)N1c2ccccc2C[C@@H]1C(=O)N1CCN(Cc2ccc3c(c2)OCO3)CC1. The molecule has 0 bridgehead atoms. The molecule has 0 spiro atoms. The molecule has 1 saturated heterocycles. The Morgan fingerprint density at radius 3 is 2.58 bits per heavy atom. The van der Waals surface area contributed by atoms with E-state index in [4.69, 9.17) is 9.47 Å². The van der Waals surface area contributed by atoms with Crippen LogP contribution in [-0.4, -0.2) is 60.6 Å². The van der Waals surface area contributed by atoms with Crippen LogP contribution in [0.15, 0.2) is 42.5 Å². The average molecular weight is 421 g/mol. The molecule has 7 heteroatoms. The minimum atomic E-state index is -0.426. The van der Waals surface area contributed by atoms with E-state index in [1.807, 2.05) is 48.2 Å². The number of benzene rings is 2. The van der Waals surface area contributed by atoms with Crippen molar-refractivity contribution in [1.82, 2.24) is 9.80 Å². The lowest BCUT2D eigenvalue weighted by Gasteiger charge is -2.37. The van der Waals surface area contributed by atoms with Crippen molar-refractivity contribution in [3.8, 4) is 11.5 Å². The highest BCUT2D eigenvalue weighted by Gasteiger charge is 2.40. The Morgan fingerprint density at radius 1 is 1.00 bits per heavy atom. The number of fused-ring (bicyclic) bond motifs is 2. The van der Waals surface area contributed by atoms with Gasteiger partial charge in [0.05, 0.1) is 0 Å². The van der Waals surface area contributed by atoms with Crippen LogP contribution in [0.2, 0.25) is 0 Å². The summed E-state index contributed by atoms with van der Waals surface area (Å²) < 4.78 is 10.9. The summed E-state index contributed by atoms with van der Waals surface area (Å²) in [4.78, 5) is 32.0. The van der Waals surface area contributed by atoms with Crippen LogP contribution in [0.25, 0.3) is 0 Å². The van der Waals surface area contributed by atoms with Crippen LogP contribution in [0.5, 0.6) is 11.5 Å². The van der Waals surface area contributed by atoms with Gasteiger partial charge in [0.15, 0.2) is 11.5 Å². The molecule has 2 aromatic carbocycles. The lowest BCUT2D eigenvalue weighted by molar-refractivity contribution is -0.136. The smallest absolute Gasteiger partial charge is 0.246 e. The van der Waals surface area contributed by atoms with Gasteiger partial charge in [0.2, 0.25) is 18.6 Å². The van der Waals surface area contributed by atoms with Crippen molar-refractivity contribution in [2.75, 3.05) is 37.9 Å². The standard InChI is InChI=1S/C24H27N3O4/c1-2-23(28)27-19-6-4-3-5-18(19)14-20(27)24(29)26-11-9-25(10-12-26)15-17-7-8-21-22(13-17)31-16-30-21/h3-8,13,20H,2,9-12,14-16H2,1H3/t20-/m1/s1. The number of para-hydroxylation sites is 1. The number of nitrogens with zero attached hydrogens (tertiary/aromatic N) is 3. The highest BCUT2D eigenvalue weighted by molar-refractivity contribution is 6.03. The molecular weight excluding hydrogens is 394 g/mol. The number of amides is 2. The first kappa shape index (κ1) is 19.9. The summed E-state index contributed by atoms with van der Waals surface area (Å²) in [6.45, 7) is 5.90. The highest BCUT2D eigenvalue weighted by atomic mass is 16.7. The van der Waals surface area contributed by atoms with E-state index in [0.717, 1.165) is 42.4 Å².